The lowest BCUT2D eigenvalue weighted by atomic mass is 10.00. The fourth-order valence-corrected chi connectivity index (χ4v) is 3.15. The highest BCUT2D eigenvalue weighted by atomic mass is 19.4. The summed E-state index contributed by atoms with van der Waals surface area (Å²) in [4.78, 5) is 12.7. The average molecular weight is 382 g/mol. The maximum Gasteiger partial charge on any atom is 0.417 e. The zero-order chi connectivity index (χ0) is 19.6. The van der Waals surface area contributed by atoms with Gasteiger partial charge in [0.15, 0.2) is 0 Å². The van der Waals surface area contributed by atoms with E-state index in [1.165, 1.54) is 24.3 Å². The van der Waals surface area contributed by atoms with E-state index >= 15 is 0 Å². The Morgan fingerprint density at radius 1 is 0.704 bits per heavy atom. The molecule has 0 spiro atoms. The van der Waals surface area contributed by atoms with Crippen molar-refractivity contribution in [3.05, 3.63) is 69.9 Å². The Morgan fingerprint density at radius 3 is 2.00 bits per heavy atom. The number of fused-ring (bicyclic) bond motifs is 3. The molecule has 0 radical (unpaired) electrons. The lowest BCUT2D eigenvalue weighted by Gasteiger charge is -2.12. The van der Waals surface area contributed by atoms with Gasteiger partial charge in [0.05, 0.1) is 21.9 Å². The summed E-state index contributed by atoms with van der Waals surface area (Å²) in [6, 6.07) is 8.65. The number of benzene rings is 3. The maximum atomic E-state index is 13.2. The first-order chi connectivity index (χ1) is 12.6. The second kappa shape index (κ2) is 5.48. The van der Waals surface area contributed by atoms with Crippen LogP contribution in [0.25, 0.3) is 32.7 Å². The van der Waals surface area contributed by atoms with E-state index in [1.54, 1.807) is 0 Å². The molecule has 138 valence electrons. The molecule has 0 bridgehead atoms. The zero-order valence-corrected chi connectivity index (χ0v) is 13.2. The van der Waals surface area contributed by atoms with Crippen LogP contribution in [0.5, 0.6) is 0 Å². The second-order valence-corrected chi connectivity index (χ2v) is 5.98. The summed E-state index contributed by atoms with van der Waals surface area (Å²) in [6.07, 6.45) is -9.49. The summed E-state index contributed by atoms with van der Waals surface area (Å²) < 4.78 is 84.9. The van der Waals surface area contributed by atoms with E-state index < -0.39 is 34.3 Å². The largest absolute Gasteiger partial charge is 0.456 e. The molecule has 1 heterocycles. The Bertz CT molecular complexity index is 1260. The molecule has 0 saturated carbocycles. The molecule has 0 aliphatic carbocycles. The Kier molecular flexibility index (Phi) is 3.53. The summed E-state index contributed by atoms with van der Waals surface area (Å²) in [6.45, 7) is 0. The van der Waals surface area contributed by atoms with Crippen molar-refractivity contribution in [1.29, 1.82) is 0 Å². The molecule has 0 amide bonds. The molecule has 2 nitrogen and oxygen atoms in total. The van der Waals surface area contributed by atoms with Gasteiger partial charge in [-0.05, 0) is 41.1 Å². The van der Waals surface area contributed by atoms with Crippen molar-refractivity contribution in [3.63, 3.8) is 0 Å². The van der Waals surface area contributed by atoms with Gasteiger partial charge in [0.2, 0.25) is 5.43 Å². The van der Waals surface area contributed by atoms with Crippen LogP contribution in [0.1, 0.15) is 11.1 Å². The fourth-order valence-electron chi connectivity index (χ4n) is 3.15. The molecule has 27 heavy (non-hydrogen) atoms. The quantitative estimate of drug-likeness (QED) is 0.270. The molecule has 3 aromatic carbocycles. The standard InChI is InChI=1S/C19H8F6O2/c20-18(21,22)12-4-1-3-9-7-15-11(8-10(9)12)17(26)16-13(19(23,24)25)5-2-6-14(16)27-15/h1-8H. The van der Waals surface area contributed by atoms with Gasteiger partial charge in [-0.15, -0.1) is 0 Å². The fraction of sp³-hybridized carbons (Fsp3) is 0.105. The number of hydrogen-bond donors (Lipinski definition) is 0. The minimum absolute atomic E-state index is 0.0846. The van der Waals surface area contributed by atoms with Crippen LogP contribution in [-0.4, -0.2) is 0 Å². The lowest BCUT2D eigenvalue weighted by molar-refractivity contribution is -0.137. The summed E-state index contributed by atoms with van der Waals surface area (Å²) in [7, 11) is 0. The predicted molar refractivity (Wildman–Crippen MR) is 87.5 cm³/mol. The number of hydrogen-bond acceptors (Lipinski definition) is 2. The Hall–Kier alpha value is -3.03. The molecule has 4 rings (SSSR count). The molecule has 0 atom stereocenters. The van der Waals surface area contributed by atoms with Crippen LogP contribution in [-0.2, 0) is 12.4 Å². The molecular formula is C19H8F6O2. The van der Waals surface area contributed by atoms with Gasteiger partial charge < -0.3 is 4.42 Å². The first-order valence-corrected chi connectivity index (χ1v) is 7.64. The molecular weight excluding hydrogens is 374 g/mol. The van der Waals surface area contributed by atoms with Crippen molar-refractivity contribution in [2.45, 2.75) is 12.4 Å². The summed E-state index contributed by atoms with van der Waals surface area (Å²) in [5.41, 5.74) is -3.57. The molecule has 0 N–H and O–H groups in total. The van der Waals surface area contributed by atoms with Gasteiger partial charge in [-0.25, -0.2) is 0 Å². The highest BCUT2D eigenvalue weighted by Gasteiger charge is 2.35. The molecule has 4 aromatic rings. The van der Waals surface area contributed by atoms with Crippen molar-refractivity contribution in [1.82, 2.24) is 0 Å². The van der Waals surface area contributed by atoms with Crippen LogP contribution in [0.3, 0.4) is 0 Å². The molecule has 0 aliphatic rings. The highest BCUT2D eigenvalue weighted by Crippen LogP contribution is 2.38. The van der Waals surface area contributed by atoms with Crippen molar-refractivity contribution >= 4 is 32.7 Å². The van der Waals surface area contributed by atoms with Crippen molar-refractivity contribution < 1.29 is 30.8 Å². The van der Waals surface area contributed by atoms with E-state index in [-0.39, 0.29) is 27.3 Å². The summed E-state index contributed by atoms with van der Waals surface area (Å²) in [5.74, 6) is 0. The number of alkyl halides is 6. The number of rotatable bonds is 0. The van der Waals surface area contributed by atoms with Gasteiger partial charge in [0, 0.05) is 0 Å². The van der Waals surface area contributed by atoms with E-state index in [2.05, 4.69) is 0 Å². The van der Waals surface area contributed by atoms with E-state index in [0.29, 0.717) is 0 Å². The van der Waals surface area contributed by atoms with Crippen molar-refractivity contribution in [2.24, 2.45) is 0 Å². The average Bonchev–Trinajstić information content (AvgIpc) is 2.58. The zero-order valence-electron chi connectivity index (χ0n) is 13.2. The predicted octanol–water partition coefficient (Wildman–Crippen LogP) is 6.14. The van der Waals surface area contributed by atoms with E-state index in [1.807, 2.05) is 0 Å². The highest BCUT2D eigenvalue weighted by molar-refractivity contribution is 6.01. The van der Waals surface area contributed by atoms with Crippen LogP contribution in [0.15, 0.2) is 57.7 Å². The molecule has 1 aromatic heterocycles. The van der Waals surface area contributed by atoms with Gasteiger partial charge in [-0.2, -0.15) is 26.3 Å². The SMILES string of the molecule is O=c1c2cc3c(C(F)(F)F)cccc3cc2oc2cccc(C(F)(F)F)c12. The van der Waals surface area contributed by atoms with E-state index in [0.717, 1.165) is 24.3 Å². The normalized spacial score (nSPS) is 13.0. The third-order valence-electron chi connectivity index (χ3n) is 4.31. The van der Waals surface area contributed by atoms with E-state index in [9.17, 15) is 31.1 Å². The van der Waals surface area contributed by atoms with Crippen LogP contribution in [0.2, 0.25) is 0 Å². The molecule has 0 fully saturated rings. The van der Waals surface area contributed by atoms with Crippen LogP contribution >= 0.6 is 0 Å². The number of halogens is 6. The molecule has 0 aliphatic heterocycles. The Balaban J connectivity index is 2.20. The van der Waals surface area contributed by atoms with E-state index in [4.69, 9.17) is 4.42 Å². The van der Waals surface area contributed by atoms with Gasteiger partial charge in [-0.3, -0.25) is 4.79 Å². The van der Waals surface area contributed by atoms with Crippen molar-refractivity contribution in [2.75, 3.05) is 0 Å². The first kappa shape index (κ1) is 17.4. The van der Waals surface area contributed by atoms with Crippen molar-refractivity contribution in [3.8, 4) is 0 Å². The smallest absolute Gasteiger partial charge is 0.417 e. The van der Waals surface area contributed by atoms with Crippen LogP contribution in [0.4, 0.5) is 26.3 Å². The third kappa shape index (κ3) is 2.72. The molecule has 0 unspecified atom stereocenters. The third-order valence-corrected chi connectivity index (χ3v) is 4.31. The minimum Gasteiger partial charge on any atom is -0.456 e. The monoisotopic (exact) mass is 382 g/mol. The summed E-state index contributed by atoms with van der Waals surface area (Å²) in [5, 5.41) is -1.18. The van der Waals surface area contributed by atoms with Crippen LogP contribution < -0.4 is 5.43 Å². The summed E-state index contributed by atoms with van der Waals surface area (Å²) >= 11 is 0. The Labute approximate surface area is 146 Å². The van der Waals surface area contributed by atoms with Gasteiger partial charge >= 0.3 is 12.4 Å². The molecule has 8 heteroatoms. The van der Waals surface area contributed by atoms with Crippen LogP contribution in [0, 0.1) is 0 Å². The maximum absolute atomic E-state index is 13.2. The lowest BCUT2D eigenvalue weighted by Crippen LogP contribution is -2.12. The van der Waals surface area contributed by atoms with Gasteiger partial charge in [0.1, 0.15) is 11.2 Å². The molecule has 0 saturated heterocycles. The first-order valence-electron chi connectivity index (χ1n) is 7.64. The van der Waals surface area contributed by atoms with Gasteiger partial charge in [-0.1, -0.05) is 18.2 Å². The second-order valence-electron chi connectivity index (χ2n) is 5.98. The minimum atomic E-state index is -4.81. The van der Waals surface area contributed by atoms with Gasteiger partial charge in [0.25, 0.3) is 0 Å². The Morgan fingerprint density at radius 2 is 1.33 bits per heavy atom. The topological polar surface area (TPSA) is 30.2 Å².